The zero-order valence-electron chi connectivity index (χ0n) is 15.6. The Bertz CT molecular complexity index is 933. The standard InChI is InChI=1S/C19H22BrN3O4S/c1-27-18-9-8-17(20)12-16(18)13-21-22-19(24)14-23(28(2,25)26)11-10-15-6-4-3-5-7-15/h3-9,12-13H,10-11,14H2,1-2H3,(H,22,24)/b21-13+. The summed E-state index contributed by atoms with van der Waals surface area (Å²) in [6.45, 7) is -0.0991. The maximum absolute atomic E-state index is 12.2. The highest BCUT2D eigenvalue weighted by Crippen LogP contribution is 2.21. The Kier molecular flexibility index (Phi) is 8.16. The first kappa shape index (κ1) is 22.1. The highest BCUT2D eigenvalue weighted by Gasteiger charge is 2.19. The van der Waals surface area contributed by atoms with Crippen LogP contribution in [0.3, 0.4) is 0 Å². The van der Waals surface area contributed by atoms with Crippen LogP contribution in [0.25, 0.3) is 0 Å². The Hall–Kier alpha value is -2.23. The number of nitrogens with one attached hydrogen (secondary N) is 1. The summed E-state index contributed by atoms with van der Waals surface area (Å²) in [6.07, 6.45) is 3.04. The van der Waals surface area contributed by atoms with Crippen molar-refractivity contribution in [3.8, 4) is 5.75 Å². The first-order valence-corrected chi connectivity index (χ1v) is 11.1. The fourth-order valence-corrected chi connectivity index (χ4v) is 3.59. The fourth-order valence-electron chi connectivity index (χ4n) is 2.44. The van der Waals surface area contributed by atoms with Crippen molar-refractivity contribution in [3.63, 3.8) is 0 Å². The second-order valence-corrected chi connectivity index (χ2v) is 8.91. The molecule has 7 nitrogen and oxygen atoms in total. The van der Waals surface area contributed by atoms with Gasteiger partial charge in [0.2, 0.25) is 10.0 Å². The van der Waals surface area contributed by atoms with Gasteiger partial charge in [0, 0.05) is 16.6 Å². The molecule has 150 valence electrons. The van der Waals surface area contributed by atoms with E-state index in [9.17, 15) is 13.2 Å². The van der Waals surface area contributed by atoms with Gasteiger partial charge in [0.1, 0.15) is 5.75 Å². The van der Waals surface area contributed by atoms with Gasteiger partial charge in [-0.25, -0.2) is 13.8 Å². The third-order valence-electron chi connectivity index (χ3n) is 3.87. The second-order valence-electron chi connectivity index (χ2n) is 6.01. The van der Waals surface area contributed by atoms with Gasteiger partial charge < -0.3 is 4.74 Å². The van der Waals surface area contributed by atoms with E-state index in [1.165, 1.54) is 13.3 Å². The number of sulfonamides is 1. The minimum absolute atomic E-state index is 0.208. The van der Waals surface area contributed by atoms with Crippen molar-refractivity contribution in [2.45, 2.75) is 6.42 Å². The van der Waals surface area contributed by atoms with Crippen molar-refractivity contribution in [1.82, 2.24) is 9.73 Å². The lowest BCUT2D eigenvalue weighted by Crippen LogP contribution is -2.40. The molecule has 1 N–H and O–H groups in total. The van der Waals surface area contributed by atoms with E-state index in [0.717, 1.165) is 20.6 Å². The van der Waals surface area contributed by atoms with E-state index in [0.29, 0.717) is 17.7 Å². The number of hydrogen-bond acceptors (Lipinski definition) is 5. The molecule has 0 saturated carbocycles. The number of ether oxygens (including phenoxy) is 1. The molecule has 0 heterocycles. The number of amides is 1. The molecule has 0 aliphatic carbocycles. The van der Waals surface area contributed by atoms with Gasteiger partial charge in [0.15, 0.2) is 0 Å². The molecule has 0 radical (unpaired) electrons. The lowest BCUT2D eigenvalue weighted by molar-refractivity contribution is -0.121. The number of hydrogen-bond donors (Lipinski definition) is 1. The van der Waals surface area contributed by atoms with Gasteiger partial charge in [0.05, 0.1) is 26.1 Å². The molecular weight excluding hydrogens is 446 g/mol. The van der Waals surface area contributed by atoms with E-state index in [-0.39, 0.29) is 13.1 Å². The highest BCUT2D eigenvalue weighted by atomic mass is 79.9. The summed E-state index contributed by atoms with van der Waals surface area (Å²) in [7, 11) is -1.99. The Morgan fingerprint density at radius 3 is 2.61 bits per heavy atom. The zero-order valence-corrected chi connectivity index (χ0v) is 18.0. The normalized spacial score (nSPS) is 11.7. The predicted octanol–water partition coefficient (Wildman–Crippen LogP) is 2.41. The Labute approximate surface area is 173 Å². The molecule has 0 bridgehead atoms. The number of carbonyl (C=O) groups is 1. The number of halogens is 1. The predicted molar refractivity (Wildman–Crippen MR) is 113 cm³/mol. The molecule has 0 atom stereocenters. The lowest BCUT2D eigenvalue weighted by atomic mass is 10.1. The molecule has 2 rings (SSSR count). The number of methoxy groups -OCH3 is 1. The van der Waals surface area contributed by atoms with Gasteiger partial charge in [-0.1, -0.05) is 46.3 Å². The van der Waals surface area contributed by atoms with Crippen molar-refractivity contribution in [2.24, 2.45) is 5.10 Å². The molecule has 0 aliphatic rings. The van der Waals surface area contributed by atoms with Crippen LogP contribution in [-0.2, 0) is 21.2 Å². The molecule has 28 heavy (non-hydrogen) atoms. The molecule has 0 aromatic heterocycles. The summed E-state index contributed by atoms with van der Waals surface area (Å²) in [5.41, 5.74) is 4.02. The molecule has 0 fully saturated rings. The van der Waals surface area contributed by atoms with Crippen LogP contribution in [0.1, 0.15) is 11.1 Å². The molecule has 0 saturated heterocycles. The second kappa shape index (κ2) is 10.4. The van der Waals surface area contributed by atoms with Crippen LogP contribution >= 0.6 is 15.9 Å². The van der Waals surface area contributed by atoms with E-state index >= 15 is 0 Å². The van der Waals surface area contributed by atoms with Gasteiger partial charge in [-0.2, -0.15) is 9.41 Å². The van der Waals surface area contributed by atoms with Crippen LogP contribution in [0.5, 0.6) is 5.75 Å². The number of benzene rings is 2. The van der Waals surface area contributed by atoms with Crippen molar-refractivity contribution in [2.75, 3.05) is 26.5 Å². The van der Waals surface area contributed by atoms with E-state index in [1.54, 1.807) is 12.1 Å². The number of carbonyl (C=O) groups excluding carboxylic acids is 1. The van der Waals surface area contributed by atoms with Crippen molar-refractivity contribution >= 4 is 38.1 Å². The average Bonchev–Trinajstić information content (AvgIpc) is 2.65. The van der Waals surface area contributed by atoms with Gasteiger partial charge in [-0.15, -0.1) is 0 Å². The lowest BCUT2D eigenvalue weighted by Gasteiger charge is -2.18. The van der Waals surface area contributed by atoms with Gasteiger partial charge in [-0.3, -0.25) is 4.79 Å². The van der Waals surface area contributed by atoms with Gasteiger partial charge in [0.25, 0.3) is 5.91 Å². The maximum Gasteiger partial charge on any atom is 0.255 e. The summed E-state index contributed by atoms with van der Waals surface area (Å²) < 4.78 is 31.2. The molecule has 2 aromatic rings. The zero-order chi connectivity index (χ0) is 20.6. The first-order chi connectivity index (χ1) is 13.3. The molecular formula is C19H22BrN3O4S. The highest BCUT2D eigenvalue weighted by molar-refractivity contribution is 9.10. The summed E-state index contributed by atoms with van der Waals surface area (Å²) in [4.78, 5) is 12.2. The minimum Gasteiger partial charge on any atom is -0.496 e. The molecule has 9 heteroatoms. The van der Waals surface area contributed by atoms with E-state index in [1.807, 2.05) is 36.4 Å². The summed E-state index contributed by atoms with van der Waals surface area (Å²) >= 11 is 3.36. The summed E-state index contributed by atoms with van der Waals surface area (Å²) in [6, 6.07) is 14.9. The van der Waals surface area contributed by atoms with Crippen LogP contribution < -0.4 is 10.2 Å². The van der Waals surface area contributed by atoms with Crippen molar-refractivity contribution < 1.29 is 17.9 Å². The number of nitrogens with zero attached hydrogens (tertiary/aromatic N) is 2. The Balaban J connectivity index is 1.97. The van der Waals surface area contributed by atoms with Crippen LogP contribution in [0.2, 0.25) is 0 Å². The largest absolute Gasteiger partial charge is 0.496 e. The van der Waals surface area contributed by atoms with Gasteiger partial charge >= 0.3 is 0 Å². The van der Waals surface area contributed by atoms with Crippen LogP contribution in [0.15, 0.2) is 58.1 Å². The monoisotopic (exact) mass is 467 g/mol. The van der Waals surface area contributed by atoms with Crippen molar-refractivity contribution in [3.05, 3.63) is 64.1 Å². The summed E-state index contributed by atoms with van der Waals surface area (Å²) in [5.74, 6) is 0.0746. The van der Waals surface area contributed by atoms with Crippen LogP contribution in [0, 0.1) is 0 Å². The van der Waals surface area contributed by atoms with Crippen LogP contribution in [-0.4, -0.2) is 51.3 Å². The maximum atomic E-state index is 12.2. The third-order valence-corrected chi connectivity index (χ3v) is 5.61. The Morgan fingerprint density at radius 2 is 1.96 bits per heavy atom. The van der Waals surface area contributed by atoms with Gasteiger partial charge in [-0.05, 0) is 30.2 Å². The van der Waals surface area contributed by atoms with E-state index in [2.05, 4.69) is 26.5 Å². The molecule has 0 spiro atoms. The number of rotatable bonds is 9. The topological polar surface area (TPSA) is 88.1 Å². The molecule has 0 unspecified atom stereocenters. The number of hydrazone groups is 1. The average molecular weight is 468 g/mol. The molecule has 0 aliphatic heterocycles. The smallest absolute Gasteiger partial charge is 0.255 e. The Morgan fingerprint density at radius 1 is 1.25 bits per heavy atom. The van der Waals surface area contributed by atoms with Crippen molar-refractivity contribution in [1.29, 1.82) is 0 Å². The quantitative estimate of drug-likeness (QED) is 0.452. The van der Waals surface area contributed by atoms with E-state index < -0.39 is 15.9 Å². The van der Waals surface area contributed by atoms with Crippen LogP contribution in [0.4, 0.5) is 0 Å². The fraction of sp³-hybridized carbons (Fsp3) is 0.263. The van der Waals surface area contributed by atoms with E-state index in [4.69, 9.17) is 4.74 Å². The molecule has 1 amide bonds. The first-order valence-electron chi connectivity index (χ1n) is 8.44. The summed E-state index contributed by atoms with van der Waals surface area (Å²) in [5, 5.41) is 3.90. The third kappa shape index (κ3) is 7.06. The SMILES string of the molecule is COc1ccc(Br)cc1/C=N/NC(=O)CN(CCc1ccccc1)S(C)(=O)=O. The molecule has 2 aromatic carbocycles. The minimum atomic E-state index is -3.53.